The highest BCUT2D eigenvalue weighted by molar-refractivity contribution is 6.05. The van der Waals surface area contributed by atoms with E-state index in [9.17, 15) is 20.1 Å². The van der Waals surface area contributed by atoms with Gasteiger partial charge in [0.25, 0.3) is 0 Å². The molecule has 7 heteroatoms. The number of ether oxygens (including phenoxy) is 3. The van der Waals surface area contributed by atoms with E-state index in [0.29, 0.717) is 5.75 Å². The van der Waals surface area contributed by atoms with Crippen LogP contribution in [-0.4, -0.2) is 41.4 Å². The number of hydrogen-bond donors (Lipinski definition) is 3. The molecule has 0 amide bonds. The normalized spacial score (nSPS) is 19.4. The van der Waals surface area contributed by atoms with Crippen molar-refractivity contribution >= 4 is 5.78 Å². The van der Waals surface area contributed by atoms with Gasteiger partial charge in [-0.3, -0.25) is 4.79 Å². The third kappa shape index (κ3) is 2.39. The number of methoxy groups -OCH3 is 2. The molecule has 0 aliphatic carbocycles. The van der Waals surface area contributed by atoms with Crippen LogP contribution in [0.3, 0.4) is 0 Å². The van der Waals surface area contributed by atoms with Crippen LogP contribution in [0, 0.1) is 0 Å². The van der Waals surface area contributed by atoms with Gasteiger partial charge in [-0.15, -0.1) is 0 Å². The van der Waals surface area contributed by atoms with Crippen molar-refractivity contribution < 1.29 is 34.3 Å². The van der Waals surface area contributed by atoms with Gasteiger partial charge in [0.2, 0.25) is 5.78 Å². The number of Topliss-reactive ketones (excluding diaryl/α,β-unsaturated/α-hetero) is 1. The number of aromatic hydroxyl groups is 2. The highest BCUT2D eigenvalue weighted by Gasteiger charge is 2.40. The molecule has 1 aliphatic rings. The Morgan fingerprint density at radius 3 is 2.54 bits per heavy atom. The van der Waals surface area contributed by atoms with E-state index in [-0.39, 0.29) is 28.4 Å². The molecule has 0 fully saturated rings. The fraction of sp³-hybridized carbons (Fsp3) is 0.235. The summed E-state index contributed by atoms with van der Waals surface area (Å²) in [5, 5.41) is 30.0. The highest BCUT2D eigenvalue weighted by Crippen LogP contribution is 2.45. The predicted octanol–water partition coefficient (Wildman–Crippen LogP) is 1.79. The van der Waals surface area contributed by atoms with Gasteiger partial charge >= 0.3 is 0 Å². The molecule has 1 heterocycles. The van der Waals surface area contributed by atoms with Crippen LogP contribution in [0.25, 0.3) is 0 Å². The van der Waals surface area contributed by atoms with Crippen molar-refractivity contribution in [3.8, 4) is 28.7 Å². The molecule has 2 aromatic rings. The Bertz CT molecular complexity index is 800. The van der Waals surface area contributed by atoms with Crippen molar-refractivity contribution in [1.82, 2.24) is 0 Å². The SMILES string of the molecule is COc1cc(OC)c2c(c1)O[C@H](c1cccc(O)c1O)[C@@H](O)C2=O. The summed E-state index contributed by atoms with van der Waals surface area (Å²) in [5.74, 6) is -0.643. The van der Waals surface area contributed by atoms with Crippen LogP contribution >= 0.6 is 0 Å². The molecule has 3 N–H and O–H groups in total. The highest BCUT2D eigenvalue weighted by atomic mass is 16.5. The molecule has 0 unspecified atom stereocenters. The summed E-state index contributed by atoms with van der Waals surface area (Å²) in [6.07, 6.45) is -2.73. The Hall–Kier alpha value is -2.93. The summed E-state index contributed by atoms with van der Waals surface area (Å²) in [4.78, 5) is 12.6. The third-order valence-corrected chi connectivity index (χ3v) is 3.90. The van der Waals surface area contributed by atoms with Gasteiger partial charge < -0.3 is 29.5 Å². The summed E-state index contributed by atoms with van der Waals surface area (Å²) >= 11 is 0. The second-order valence-corrected chi connectivity index (χ2v) is 5.27. The van der Waals surface area contributed by atoms with Crippen LogP contribution in [0.5, 0.6) is 28.7 Å². The molecule has 2 aromatic carbocycles. The van der Waals surface area contributed by atoms with E-state index >= 15 is 0 Å². The molecule has 2 atom stereocenters. The van der Waals surface area contributed by atoms with E-state index in [1.807, 2.05) is 0 Å². The van der Waals surface area contributed by atoms with Gasteiger partial charge in [0.1, 0.15) is 22.8 Å². The Labute approximate surface area is 137 Å². The van der Waals surface area contributed by atoms with E-state index in [2.05, 4.69) is 0 Å². The second-order valence-electron chi connectivity index (χ2n) is 5.27. The summed E-state index contributed by atoms with van der Waals surface area (Å²) in [6, 6.07) is 7.23. The topological polar surface area (TPSA) is 105 Å². The summed E-state index contributed by atoms with van der Waals surface area (Å²) in [7, 11) is 2.85. The quantitative estimate of drug-likeness (QED) is 0.736. The zero-order valence-electron chi connectivity index (χ0n) is 13.0. The zero-order valence-corrected chi connectivity index (χ0v) is 13.0. The Kier molecular flexibility index (Phi) is 3.94. The van der Waals surface area contributed by atoms with Gasteiger partial charge in [-0.25, -0.2) is 0 Å². The molecule has 0 radical (unpaired) electrons. The van der Waals surface area contributed by atoms with Crippen molar-refractivity contribution in [3.05, 3.63) is 41.5 Å². The van der Waals surface area contributed by atoms with Crippen LogP contribution in [0.15, 0.2) is 30.3 Å². The maximum absolute atomic E-state index is 12.6. The number of aliphatic hydroxyl groups excluding tert-OH is 1. The maximum Gasteiger partial charge on any atom is 0.202 e. The minimum absolute atomic E-state index is 0.0988. The number of phenols is 2. The minimum Gasteiger partial charge on any atom is -0.504 e. The second kappa shape index (κ2) is 5.93. The number of carbonyl (C=O) groups excluding carboxylic acids is 1. The average Bonchev–Trinajstić information content (AvgIpc) is 2.59. The first-order valence-corrected chi connectivity index (χ1v) is 7.13. The van der Waals surface area contributed by atoms with E-state index in [1.165, 1.54) is 44.6 Å². The molecule has 0 bridgehead atoms. The molecule has 1 aliphatic heterocycles. The van der Waals surface area contributed by atoms with Gasteiger partial charge in [0, 0.05) is 17.7 Å². The average molecular weight is 332 g/mol. The van der Waals surface area contributed by atoms with Crippen LogP contribution in [-0.2, 0) is 0 Å². The van der Waals surface area contributed by atoms with Gasteiger partial charge in [-0.1, -0.05) is 12.1 Å². The lowest BCUT2D eigenvalue weighted by atomic mass is 9.92. The van der Waals surface area contributed by atoms with Crippen molar-refractivity contribution in [2.75, 3.05) is 14.2 Å². The number of ketones is 1. The lowest BCUT2D eigenvalue weighted by Gasteiger charge is -2.31. The fourth-order valence-electron chi connectivity index (χ4n) is 2.68. The van der Waals surface area contributed by atoms with E-state index < -0.39 is 23.7 Å². The largest absolute Gasteiger partial charge is 0.504 e. The first-order valence-electron chi connectivity index (χ1n) is 7.13. The van der Waals surface area contributed by atoms with E-state index in [1.54, 1.807) is 0 Å². The third-order valence-electron chi connectivity index (χ3n) is 3.90. The molecular weight excluding hydrogens is 316 g/mol. The van der Waals surface area contributed by atoms with Gasteiger partial charge in [-0.2, -0.15) is 0 Å². The number of hydrogen-bond acceptors (Lipinski definition) is 7. The molecule has 0 spiro atoms. The summed E-state index contributed by atoms with van der Waals surface area (Å²) in [5.41, 5.74) is 0.199. The molecule has 7 nitrogen and oxygen atoms in total. The Balaban J connectivity index is 2.13. The van der Waals surface area contributed by atoms with E-state index in [4.69, 9.17) is 14.2 Å². The molecular formula is C17H16O7. The van der Waals surface area contributed by atoms with E-state index in [0.717, 1.165) is 0 Å². The van der Waals surface area contributed by atoms with Crippen LogP contribution in [0.4, 0.5) is 0 Å². The van der Waals surface area contributed by atoms with Gasteiger partial charge in [0.15, 0.2) is 23.7 Å². The molecule has 3 rings (SSSR count). The van der Waals surface area contributed by atoms with Crippen molar-refractivity contribution in [3.63, 3.8) is 0 Å². The lowest BCUT2D eigenvalue weighted by molar-refractivity contribution is 0.0201. The van der Waals surface area contributed by atoms with Crippen LogP contribution in [0.2, 0.25) is 0 Å². The first-order chi connectivity index (χ1) is 11.5. The fourth-order valence-corrected chi connectivity index (χ4v) is 2.68. The smallest absolute Gasteiger partial charge is 0.202 e. The molecule has 0 aromatic heterocycles. The number of aliphatic hydroxyl groups is 1. The zero-order chi connectivity index (χ0) is 17.4. The number of phenolic OH excluding ortho intramolecular Hbond substituents is 2. The summed E-state index contributed by atoms with van der Waals surface area (Å²) in [6.45, 7) is 0. The Morgan fingerprint density at radius 2 is 1.88 bits per heavy atom. The van der Waals surface area contributed by atoms with Crippen LogP contribution < -0.4 is 14.2 Å². The number of fused-ring (bicyclic) bond motifs is 1. The monoisotopic (exact) mass is 332 g/mol. The van der Waals surface area contributed by atoms with Gasteiger partial charge in [-0.05, 0) is 6.07 Å². The maximum atomic E-state index is 12.6. The van der Waals surface area contributed by atoms with Crippen molar-refractivity contribution in [2.45, 2.75) is 12.2 Å². The molecule has 126 valence electrons. The number of para-hydroxylation sites is 1. The number of rotatable bonds is 3. The molecule has 0 saturated heterocycles. The predicted molar refractivity (Wildman–Crippen MR) is 83.0 cm³/mol. The lowest BCUT2D eigenvalue weighted by Crippen LogP contribution is -2.36. The van der Waals surface area contributed by atoms with Crippen molar-refractivity contribution in [1.29, 1.82) is 0 Å². The molecule has 24 heavy (non-hydrogen) atoms. The molecule has 0 saturated carbocycles. The first kappa shape index (κ1) is 15.9. The van der Waals surface area contributed by atoms with Crippen molar-refractivity contribution in [2.24, 2.45) is 0 Å². The number of benzene rings is 2. The number of carbonyl (C=O) groups is 1. The Morgan fingerprint density at radius 1 is 1.12 bits per heavy atom. The standard InChI is InChI=1S/C17H16O7/c1-22-8-6-11(23-2)13-12(7-8)24-17(16(21)15(13)20)9-4-3-5-10(18)14(9)19/h3-7,16-19,21H,1-2H3/t16-,17+/m0/s1. The van der Waals surface area contributed by atoms with Gasteiger partial charge in [0.05, 0.1) is 14.2 Å². The van der Waals surface area contributed by atoms with Crippen LogP contribution in [0.1, 0.15) is 22.0 Å². The minimum atomic E-state index is -1.56. The summed E-state index contributed by atoms with van der Waals surface area (Å²) < 4.78 is 16.0.